The lowest BCUT2D eigenvalue weighted by atomic mass is 9.82. The molecular formula is C43H34N4O. The molecular weight excluding hydrogens is 589 g/mol. The van der Waals surface area contributed by atoms with Gasteiger partial charge in [-0.3, -0.25) is 0 Å². The Kier molecular flexibility index (Phi) is 5.34. The molecule has 0 saturated heterocycles. The lowest BCUT2D eigenvalue weighted by molar-refractivity contribution is 0.253. The van der Waals surface area contributed by atoms with Gasteiger partial charge in [0.1, 0.15) is 5.58 Å². The molecule has 10 rings (SSSR count). The fraction of sp³-hybridized carbons (Fsp3) is 0.140. The lowest BCUT2D eigenvalue weighted by Crippen LogP contribution is -2.50. The van der Waals surface area contributed by atoms with Gasteiger partial charge in [-0.05, 0) is 69.7 Å². The molecule has 3 aromatic heterocycles. The van der Waals surface area contributed by atoms with E-state index < -0.39 is 0 Å². The number of benzene rings is 6. The van der Waals surface area contributed by atoms with Crippen molar-refractivity contribution in [1.82, 2.24) is 14.1 Å². The number of hydrogen-bond donors (Lipinski definition) is 0. The third-order valence-electron chi connectivity index (χ3n) is 11.1. The van der Waals surface area contributed by atoms with Crippen LogP contribution >= 0.6 is 0 Å². The van der Waals surface area contributed by atoms with E-state index in [9.17, 15) is 0 Å². The highest BCUT2D eigenvalue weighted by Crippen LogP contribution is 2.55. The van der Waals surface area contributed by atoms with Crippen molar-refractivity contribution in [3.05, 3.63) is 133 Å². The number of hydrogen-bond acceptors (Lipinski definition) is 3. The van der Waals surface area contributed by atoms with Crippen LogP contribution in [0.25, 0.3) is 71.6 Å². The van der Waals surface area contributed by atoms with E-state index in [4.69, 9.17) is 9.40 Å². The summed E-state index contributed by atoms with van der Waals surface area (Å²) in [7, 11) is 0. The smallest absolute Gasteiger partial charge is 0.212 e. The first kappa shape index (κ1) is 27.3. The molecule has 1 aliphatic heterocycles. The van der Waals surface area contributed by atoms with Crippen LogP contribution in [0.4, 0.5) is 11.6 Å². The molecule has 232 valence electrons. The first-order valence-corrected chi connectivity index (χ1v) is 16.7. The number of anilines is 2. The van der Waals surface area contributed by atoms with Gasteiger partial charge in [-0.2, -0.15) is 0 Å². The summed E-state index contributed by atoms with van der Waals surface area (Å²) in [5.74, 6) is 0.944. The highest BCUT2D eigenvalue weighted by molar-refractivity contribution is 6.17. The average molecular weight is 623 g/mol. The number of para-hydroxylation sites is 4. The molecule has 0 saturated carbocycles. The number of imidazole rings is 1. The van der Waals surface area contributed by atoms with Crippen LogP contribution in [0.15, 0.2) is 138 Å². The predicted octanol–water partition coefficient (Wildman–Crippen LogP) is 11.4. The van der Waals surface area contributed by atoms with E-state index in [0.717, 1.165) is 66.9 Å². The first-order valence-electron chi connectivity index (χ1n) is 16.7. The maximum absolute atomic E-state index is 6.87. The summed E-state index contributed by atoms with van der Waals surface area (Å²) in [5, 5.41) is 4.65. The molecule has 0 aliphatic carbocycles. The fourth-order valence-electron chi connectivity index (χ4n) is 8.19. The fourth-order valence-corrected chi connectivity index (χ4v) is 8.19. The summed E-state index contributed by atoms with van der Waals surface area (Å²) >= 11 is 0. The normalized spacial score (nSPS) is 15.4. The maximum atomic E-state index is 6.87. The van der Waals surface area contributed by atoms with Gasteiger partial charge >= 0.3 is 0 Å². The van der Waals surface area contributed by atoms with E-state index in [1.54, 1.807) is 0 Å². The highest BCUT2D eigenvalue weighted by atomic mass is 16.3. The van der Waals surface area contributed by atoms with Crippen LogP contribution < -0.4 is 4.90 Å². The van der Waals surface area contributed by atoms with Gasteiger partial charge < -0.3 is 18.5 Å². The minimum atomic E-state index is -0.327. The lowest BCUT2D eigenvalue weighted by Gasteiger charge is -2.42. The molecule has 1 aliphatic rings. The van der Waals surface area contributed by atoms with Crippen molar-refractivity contribution in [2.75, 3.05) is 4.90 Å². The van der Waals surface area contributed by atoms with Crippen molar-refractivity contribution in [2.24, 2.45) is 0 Å². The number of nitrogens with zero attached hydrogens (tertiary/aromatic N) is 4. The number of furan rings is 1. The van der Waals surface area contributed by atoms with Crippen molar-refractivity contribution < 1.29 is 4.42 Å². The molecule has 5 nitrogen and oxygen atoms in total. The zero-order chi connectivity index (χ0) is 32.4. The predicted molar refractivity (Wildman–Crippen MR) is 199 cm³/mol. The number of rotatable bonds is 3. The van der Waals surface area contributed by atoms with E-state index in [1.165, 1.54) is 16.3 Å². The van der Waals surface area contributed by atoms with E-state index in [1.807, 2.05) is 0 Å². The SMILES string of the molecule is CC1(C)N(c2ccc(-n3c4ccccc4c4ccccc43)c3oc4ccccc4c23)c2nc3c(-c4ccccc4)cccc3n2C1(C)C. The number of aromatic nitrogens is 3. The Morgan fingerprint density at radius 1 is 0.542 bits per heavy atom. The van der Waals surface area contributed by atoms with Crippen LogP contribution in [0.2, 0.25) is 0 Å². The van der Waals surface area contributed by atoms with Crippen molar-refractivity contribution in [3.8, 4) is 16.8 Å². The summed E-state index contributed by atoms with van der Waals surface area (Å²) in [4.78, 5) is 7.96. The van der Waals surface area contributed by atoms with Crippen molar-refractivity contribution in [1.29, 1.82) is 0 Å². The van der Waals surface area contributed by atoms with Crippen LogP contribution in [0, 0.1) is 0 Å². The Bertz CT molecular complexity index is 2690. The molecule has 0 bridgehead atoms. The zero-order valence-corrected chi connectivity index (χ0v) is 27.4. The van der Waals surface area contributed by atoms with Crippen molar-refractivity contribution >= 4 is 66.4 Å². The summed E-state index contributed by atoms with van der Waals surface area (Å²) in [5.41, 5.74) is 10.0. The molecule has 48 heavy (non-hydrogen) atoms. The summed E-state index contributed by atoms with van der Waals surface area (Å²) in [6.45, 7) is 9.35. The molecule has 0 amide bonds. The van der Waals surface area contributed by atoms with Gasteiger partial charge in [0.25, 0.3) is 0 Å². The summed E-state index contributed by atoms with van der Waals surface area (Å²) in [6.07, 6.45) is 0. The second-order valence-corrected chi connectivity index (χ2v) is 14.0. The molecule has 0 fully saturated rings. The quantitative estimate of drug-likeness (QED) is 0.197. The number of fused-ring (bicyclic) bond motifs is 9. The standard InChI is InChI=1S/C43H34N4O/c1-42(2)43(3,4)47-35-23-14-20-28(27-15-6-5-7-16-27)39(35)44-41(47)46(42)34-25-26-36(40-38(34)31-19-10-13-24-37(31)48-40)45-32-21-11-8-17-29(32)30-18-9-12-22-33(30)45/h5-26H,1-4H3. The molecule has 0 atom stereocenters. The molecule has 0 spiro atoms. The molecule has 5 heteroatoms. The van der Waals surface area contributed by atoms with E-state index in [2.05, 4.69) is 175 Å². The van der Waals surface area contributed by atoms with Gasteiger partial charge in [-0.25, -0.2) is 4.98 Å². The third-order valence-corrected chi connectivity index (χ3v) is 11.1. The van der Waals surface area contributed by atoms with Gasteiger partial charge in [-0.1, -0.05) is 97.1 Å². The minimum Gasteiger partial charge on any atom is -0.454 e. The maximum Gasteiger partial charge on any atom is 0.212 e. The van der Waals surface area contributed by atoms with E-state index in [0.29, 0.717) is 0 Å². The molecule has 0 N–H and O–H groups in total. The van der Waals surface area contributed by atoms with Crippen LogP contribution in [-0.4, -0.2) is 19.7 Å². The van der Waals surface area contributed by atoms with Gasteiger partial charge in [0.15, 0.2) is 5.58 Å². The van der Waals surface area contributed by atoms with Crippen molar-refractivity contribution in [3.63, 3.8) is 0 Å². The largest absolute Gasteiger partial charge is 0.454 e. The monoisotopic (exact) mass is 622 g/mol. The Hall–Kier alpha value is -5.81. The summed E-state index contributed by atoms with van der Waals surface area (Å²) in [6, 6.07) is 47.4. The average Bonchev–Trinajstić information content (AvgIpc) is 3.82. The minimum absolute atomic E-state index is 0.288. The first-order chi connectivity index (χ1) is 23.4. The molecule has 4 heterocycles. The second-order valence-electron chi connectivity index (χ2n) is 14.0. The Balaban J connectivity index is 1.30. The van der Waals surface area contributed by atoms with Crippen LogP contribution in [0.5, 0.6) is 0 Å². The Labute approximate surface area is 278 Å². The Morgan fingerprint density at radius 2 is 1.15 bits per heavy atom. The zero-order valence-electron chi connectivity index (χ0n) is 27.4. The van der Waals surface area contributed by atoms with Gasteiger partial charge in [0.05, 0.1) is 49.9 Å². The molecule has 0 unspecified atom stereocenters. The van der Waals surface area contributed by atoms with E-state index in [-0.39, 0.29) is 11.1 Å². The van der Waals surface area contributed by atoms with Gasteiger partial charge in [0.2, 0.25) is 5.95 Å². The van der Waals surface area contributed by atoms with Crippen LogP contribution in [0.1, 0.15) is 27.7 Å². The van der Waals surface area contributed by atoms with Gasteiger partial charge in [-0.15, -0.1) is 0 Å². The Morgan fingerprint density at radius 3 is 1.88 bits per heavy atom. The molecule has 9 aromatic rings. The highest BCUT2D eigenvalue weighted by Gasteiger charge is 2.54. The van der Waals surface area contributed by atoms with Crippen molar-refractivity contribution in [2.45, 2.75) is 38.8 Å². The van der Waals surface area contributed by atoms with Gasteiger partial charge in [0, 0.05) is 21.7 Å². The van der Waals surface area contributed by atoms with E-state index >= 15 is 0 Å². The molecule has 0 radical (unpaired) electrons. The second kappa shape index (κ2) is 9.39. The topological polar surface area (TPSA) is 39.1 Å². The molecule has 6 aromatic carbocycles. The van der Waals surface area contributed by atoms with Crippen LogP contribution in [0.3, 0.4) is 0 Å². The third kappa shape index (κ3) is 3.38. The van der Waals surface area contributed by atoms with Crippen LogP contribution in [-0.2, 0) is 5.54 Å². The summed E-state index contributed by atoms with van der Waals surface area (Å²) < 4.78 is 11.7.